The van der Waals surface area contributed by atoms with E-state index in [0.717, 1.165) is 25.7 Å². The average molecular weight is 330 g/mol. The van der Waals surface area contributed by atoms with Crippen molar-refractivity contribution in [2.24, 2.45) is 0 Å². The molecule has 22 heavy (non-hydrogen) atoms. The van der Waals surface area contributed by atoms with Gasteiger partial charge in [-0.3, -0.25) is 10.1 Å². The Bertz CT molecular complexity index is 561. The van der Waals surface area contributed by atoms with Crippen molar-refractivity contribution in [3.05, 3.63) is 0 Å². The van der Waals surface area contributed by atoms with E-state index < -0.39 is 21.8 Å². The van der Waals surface area contributed by atoms with E-state index in [1.807, 2.05) is 0 Å². The lowest BCUT2D eigenvalue weighted by atomic mass is 9.89. The van der Waals surface area contributed by atoms with Crippen LogP contribution in [0.1, 0.15) is 38.5 Å². The SMILES string of the molecule is O=C1NC(=O)C2(CCN(S(=O)(=O)N3CCCCCC3)CC2)N1. The van der Waals surface area contributed by atoms with E-state index in [1.54, 1.807) is 4.31 Å². The highest BCUT2D eigenvalue weighted by Gasteiger charge is 2.49. The number of nitrogens with one attached hydrogen (secondary N) is 2. The first kappa shape index (κ1) is 15.7. The highest BCUT2D eigenvalue weighted by Crippen LogP contribution is 2.28. The summed E-state index contributed by atoms with van der Waals surface area (Å²) in [5.41, 5.74) is -0.929. The van der Waals surface area contributed by atoms with E-state index in [4.69, 9.17) is 0 Å². The molecule has 1 spiro atoms. The predicted octanol–water partition coefficient (Wildman–Crippen LogP) is -0.219. The van der Waals surface area contributed by atoms with Crippen LogP contribution in [0.2, 0.25) is 0 Å². The second-order valence-corrected chi connectivity index (χ2v) is 8.14. The van der Waals surface area contributed by atoms with Gasteiger partial charge in [0.2, 0.25) is 0 Å². The molecular formula is C13H22N4O4S. The maximum Gasteiger partial charge on any atom is 0.322 e. The summed E-state index contributed by atoms with van der Waals surface area (Å²) in [6.45, 7) is 1.65. The summed E-state index contributed by atoms with van der Waals surface area (Å²) >= 11 is 0. The summed E-state index contributed by atoms with van der Waals surface area (Å²) in [5, 5.41) is 4.88. The van der Waals surface area contributed by atoms with E-state index in [0.29, 0.717) is 25.9 Å². The van der Waals surface area contributed by atoms with Crippen molar-refractivity contribution >= 4 is 22.1 Å². The molecule has 2 N–H and O–H groups in total. The molecule has 3 saturated heterocycles. The molecular weight excluding hydrogens is 308 g/mol. The minimum atomic E-state index is -3.46. The van der Waals surface area contributed by atoms with Gasteiger partial charge < -0.3 is 5.32 Å². The van der Waals surface area contributed by atoms with Crippen LogP contribution in [-0.2, 0) is 15.0 Å². The van der Waals surface area contributed by atoms with Gasteiger partial charge in [-0.25, -0.2) is 4.79 Å². The number of carbonyl (C=O) groups excluding carboxylic acids is 2. The number of rotatable bonds is 2. The second-order valence-electron chi connectivity index (χ2n) is 6.21. The van der Waals surface area contributed by atoms with Gasteiger partial charge in [0.1, 0.15) is 5.54 Å². The zero-order valence-electron chi connectivity index (χ0n) is 12.5. The Balaban J connectivity index is 1.67. The summed E-state index contributed by atoms with van der Waals surface area (Å²) in [6.07, 6.45) is 4.57. The molecule has 0 aromatic heterocycles. The van der Waals surface area contributed by atoms with Gasteiger partial charge in [-0.2, -0.15) is 17.0 Å². The quantitative estimate of drug-likeness (QED) is 0.684. The van der Waals surface area contributed by atoms with Crippen molar-refractivity contribution in [2.75, 3.05) is 26.2 Å². The highest BCUT2D eigenvalue weighted by atomic mass is 32.2. The summed E-state index contributed by atoms with van der Waals surface area (Å²) in [6, 6.07) is -0.492. The summed E-state index contributed by atoms with van der Waals surface area (Å²) in [5.74, 6) is -0.343. The zero-order chi connectivity index (χ0) is 15.8. The zero-order valence-corrected chi connectivity index (χ0v) is 13.3. The molecule has 3 rings (SSSR count). The first-order valence-corrected chi connectivity index (χ1v) is 9.23. The van der Waals surface area contributed by atoms with Crippen LogP contribution in [0, 0.1) is 0 Å². The van der Waals surface area contributed by atoms with Crippen LogP contribution < -0.4 is 10.6 Å². The van der Waals surface area contributed by atoms with Crippen molar-refractivity contribution in [3.63, 3.8) is 0 Å². The van der Waals surface area contributed by atoms with Crippen molar-refractivity contribution in [1.29, 1.82) is 0 Å². The van der Waals surface area contributed by atoms with Gasteiger partial charge in [-0.15, -0.1) is 0 Å². The molecule has 3 amide bonds. The fourth-order valence-electron chi connectivity index (χ4n) is 3.41. The first-order valence-electron chi connectivity index (χ1n) is 7.83. The van der Waals surface area contributed by atoms with Crippen LogP contribution in [0.15, 0.2) is 0 Å². The maximum absolute atomic E-state index is 12.7. The minimum absolute atomic E-state index is 0.256. The summed E-state index contributed by atoms with van der Waals surface area (Å²) in [7, 11) is -3.46. The largest absolute Gasteiger partial charge is 0.323 e. The number of amides is 3. The molecule has 0 saturated carbocycles. The minimum Gasteiger partial charge on any atom is -0.323 e. The van der Waals surface area contributed by atoms with E-state index in [1.165, 1.54) is 4.31 Å². The fraction of sp³-hybridized carbons (Fsp3) is 0.846. The van der Waals surface area contributed by atoms with Gasteiger partial charge in [0.05, 0.1) is 0 Å². The Morgan fingerprint density at radius 3 is 1.91 bits per heavy atom. The van der Waals surface area contributed by atoms with Gasteiger partial charge in [0.15, 0.2) is 0 Å². The normalized spacial score (nSPS) is 27.5. The smallest absolute Gasteiger partial charge is 0.322 e. The third-order valence-corrected chi connectivity index (χ3v) is 6.84. The van der Waals surface area contributed by atoms with Gasteiger partial charge in [0.25, 0.3) is 16.1 Å². The highest BCUT2D eigenvalue weighted by molar-refractivity contribution is 7.86. The molecule has 0 aromatic rings. The molecule has 8 nitrogen and oxygen atoms in total. The van der Waals surface area contributed by atoms with Crippen molar-refractivity contribution < 1.29 is 18.0 Å². The van der Waals surface area contributed by atoms with Gasteiger partial charge in [-0.05, 0) is 25.7 Å². The van der Waals surface area contributed by atoms with Crippen LogP contribution in [0.4, 0.5) is 4.79 Å². The third kappa shape index (κ3) is 2.72. The molecule has 3 heterocycles. The lowest BCUT2D eigenvalue weighted by molar-refractivity contribution is -0.125. The number of carbonyl (C=O) groups is 2. The third-order valence-electron chi connectivity index (χ3n) is 4.81. The first-order chi connectivity index (χ1) is 10.4. The molecule has 9 heteroatoms. The molecule has 3 aliphatic heterocycles. The van der Waals surface area contributed by atoms with Crippen LogP contribution in [0.25, 0.3) is 0 Å². The Hall–Kier alpha value is -1.19. The maximum atomic E-state index is 12.7. The molecule has 0 unspecified atom stereocenters. The molecule has 3 fully saturated rings. The van der Waals surface area contributed by atoms with E-state index in [9.17, 15) is 18.0 Å². The summed E-state index contributed by atoms with van der Waals surface area (Å²) in [4.78, 5) is 23.2. The molecule has 0 bridgehead atoms. The van der Waals surface area contributed by atoms with E-state index in [-0.39, 0.29) is 19.0 Å². The number of urea groups is 1. The molecule has 124 valence electrons. The van der Waals surface area contributed by atoms with Gasteiger partial charge >= 0.3 is 6.03 Å². The molecule has 0 radical (unpaired) electrons. The second kappa shape index (κ2) is 5.78. The molecule has 0 aliphatic carbocycles. The number of piperidine rings is 1. The topological polar surface area (TPSA) is 98.8 Å². The van der Waals surface area contributed by atoms with Crippen molar-refractivity contribution in [1.82, 2.24) is 19.2 Å². The number of imide groups is 1. The van der Waals surface area contributed by atoms with Crippen molar-refractivity contribution in [3.8, 4) is 0 Å². The Kier molecular flexibility index (Phi) is 4.13. The fourth-order valence-corrected chi connectivity index (χ4v) is 5.10. The van der Waals surface area contributed by atoms with Gasteiger partial charge in [0, 0.05) is 26.2 Å². The Labute approximate surface area is 130 Å². The molecule has 0 aromatic carbocycles. The Morgan fingerprint density at radius 2 is 1.41 bits per heavy atom. The molecule has 3 aliphatic rings. The standard InChI is InChI=1S/C13H22N4O4S/c18-11-13(15-12(19)14-11)5-9-17(10-6-13)22(20,21)16-7-3-1-2-4-8-16/h1-10H2,(H2,14,15,18,19). The predicted molar refractivity (Wildman–Crippen MR) is 79.2 cm³/mol. The van der Waals surface area contributed by atoms with Gasteiger partial charge in [-0.1, -0.05) is 12.8 Å². The van der Waals surface area contributed by atoms with Crippen LogP contribution in [0.3, 0.4) is 0 Å². The number of hydrogen-bond acceptors (Lipinski definition) is 4. The van der Waals surface area contributed by atoms with Crippen molar-refractivity contribution in [2.45, 2.75) is 44.1 Å². The molecule has 0 atom stereocenters. The van der Waals surface area contributed by atoms with E-state index >= 15 is 0 Å². The van der Waals surface area contributed by atoms with Crippen LogP contribution >= 0.6 is 0 Å². The number of nitrogens with zero attached hydrogens (tertiary/aromatic N) is 2. The average Bonchev–Trinajstić information content (AvgIpc) is 2.70. The lowest BCUT2D eigenvalue weighted by Gasteiger charge is -2.38. The van der Waals surface area contributed by atoms with Crippen LogP contribution in [0.5, 0.6) is 0 Å². The lowest BCUT2D eigenvalue weighted by Crippen LogP contribution is -2.57. The number of hydrogen-bond donors (Lipinski definition) is 2. The van der Waals surface area contributed by atoms with Crippen LogP contribution in [-0.4, -0.2) is 60.7 Å². The Morgan fingerprint density at radius 1 is 0.864 bits per heavy atom. The monoisotopic (exact) mass is 330 g/mol. The summed E-state index contributed by atoms with van der Waals surface area (Å²) < 4.78 is 28.4. The van der Waals surface area contributed by atoms with E-state index in [2.05, 4.69) is 10.6 Å².